The minimum Gasteiger partial charge on any atom is -0.356 e. The molecule has 5 nitrogen and oxygen atoms in total. The molecule has 1 amide bonds. The molecule has 0 radical (unpaired) electrons. The first-order valence-electron chi connectivity index (χ1n) is 11.6. The van der Waals surface area contributed by atoms with E-state index in [1.54, 1.807) is 12.1 Å². The van der Waals surface area contributed by atoms with Gasteiger partial charge in [0.25, 0.3) is 0 Å². The molecular weight excluding hydrogens is 420 g/mol. The highest BCUT2D eigenvalue weighted by Gasteiger charge is 2.37. The number of allylic oxidation sites excluding steroid dienone is 1. The van der Waals surface area contributed by atoms with Crippen LogP contribution in [0.1, 0.15) is 61.3 Å². The summed E-state index contributed by atoms with van der Waals surface area (Å²) in [7, 11) is -3.71. The van der Waals surface area contributed by atoms with E-state index < -0.39 is 16.1 Å². The summed E-state index contributed by atoms with van der Waals surface area (Å²) >= 11 is 0. The maximum Gasteiger partial charge on any atom is 0.243 e. The molecule has 0 unspecified atom stereocenters. The molecule has 0 spiro atoms. The molecule has 1 N–H and O–H groups in total. The summed E-state index contributed by atoms with van der Waals surface area (Å²) in [6, 6.07) is 14.3. The molecule has 1 heterocycles. The lowest BCUT2D eigenvalue weighted by Crippen LogP contribution is -2.42. The molecule has 0 fully saturated rings. The van der Waals surface area contributed by atoms with Gasteiger partial charge in [-0.1, -0.05) is 53.6 Å². The fourth-order valence-corrected chi connectivity index (χ4v) is 6.32. The highest BCUT2D eigenvalue weighted by molar-refractivity contribution is 7.89. The smallest absolute Gasteiger partial charge is 0.243 e. The Morgan fingerprint density at radius 2 is 1.84 bits per heavy atom. The molecule has 1 atom stereocenters. The lowest BCUT2D eigenvalue weighted by Gasteiger charge is -2.36. The van der Waals surface area contributed by atoms with Crippen LogP contribution in [0, 0.1) is 6.92 Å². The minimum absolute atomic E-state index is 0.104. The summed E-state index contributed by atoms with van der Waals surface area (Å²) < 4.78 is 28.5. The van der Waals surface area contributed by atoms with Gasteiger partial charge in [0, 0.05) is 19.5 Å². The van der Waals surface area contributed by atoms with Crippen LogP contribution >= 0.6 is 0 Å². The molecular formula is C26H32N2O3S. The zero-order valence-electron chi connectivity index (χ0n) is 18.7. The van der Waals surface area contributed by atoms with Gasteiger partial charge in [0.1, 0.15) is 0 Å². The quantitative estimate of drug-likeness (QED) is 0.620. The second-order valence-corrected chi connectivity index (χ2v) is 10.7. The van der Waals surface area contributed by atoms with E-state index in [0.717, 1.165) is 36.0 Å². The van der Waals surface area contributed by atoms with Gasteiger partial charge in [0.05, 0.1) is 10.9 Å². The Labute approximate surface area is 191 Å². The van der Waals surface area contributed by atoms with E-state index in [2.05, 4.69) is 11.4 Å². The Morgan fingerprint density at radius 1 is 1.06 bits per heavy atom. The second kappa shape index (κ2) is 10.0. The largest absolute Gasteiger partial charge is 0.356 e. The number of amides is 1. The first kappa shape index (κ1) is 22.7. The Morgan fingerprint density at radius 3 is 2.59 bits per heavy atom. The topological polar surface area (TPSA) is 66.5 Å². The molecule has 1 aliphatic heterocycles. The van der Waals surface area contributed by atoms with Crippen molar-refractivity contribution in [3.63, 3.8) is 0 Å². The van der Waals surface area contributed by atoms with Crippen LogP contribution in [0.5, 0.6) is 0 Å². The van der Waals surface area contributed by atoms with Crippen LogP contribution in [-0.2, 0) is 21.2 Å². The number of benzene rings is 2. The van der Waals surface area contributed by atoms with Crippen molar-refractivity contribution < 1.29 is 13.2 Å². The predicted octanol–water partition coefficient (Wildman–Crippen LogP) is 4.68. The molecule has 0 saturated carbocycles. The molecule has 170 valence electrons. The maximum atomic E-state index is 13.5. The number of rotatable bonds is 7. The van der Waals surface area contributed by atoms with Gasteiger partial charge in [-0.3, -0.25) is 4.79 Å². The van der Waals surface area contributed by atoms with Crippen molar-refractivity contribution in [1.29, 1.82) is 0 Å². The number of sulfonamides is 1. The van der Waals surface area contributed by atoms with Crippen LogP contribution in [-0.4, -0.2) is 31.7 Å². The van der Waals surface area contributed by atoms with E-state index in [4.69, 9.17) is 0 Å². The standard InChI is InChI=1S/C26H32N2O3S/c1-20-11-13-23(14-12-20)32(30,31)28-18-16-22-9-5-6-10-24(22)25(28)19-26(29)27-17-15-21-7-3-2-4-8-21/h5-7,9-14,25H,2-4,8,15-19H2,1H3,(H,27,29)/t25-/m1/s1. The summed E-state index contributed by atoms with van der Waals surface area (Å²) in [4.78, 5) is 13.1. The van der Waals surface area contributed by atoms with E-state index in [9.17, 15) is 13.2 Å². The van der Waals surface area contributed by atoms with Crippen LogP contribution in [0.15, 0.2) is 65.1 Å². The maximum absolute atomic E-state index is 13.5. The van der Waals surface area contributed by atoms with Crippen LogP contribution in [0.25, 0.3) is 0 Å². The molecule has 6 heteroatoms. The second-order valence-electron chi connectivity index (χ2n) is 8.81. The number of hydrogen-bond acceptors (Lipinski definition) is 3. The van der Waals surface area contributed by atoms with E-state index in [1.807, 2.05) is 43.3 Å². The Bertz CT molecular complexity index is 1090. The van der Waals surface area contributed by atoms with Crippen molar-refractivity contribution in [2.24, 2.45) is 0 Å². The first-order chi connectivity index (χ1) is 15.4. The van der Waals surface area contributed by atoms with Gasteiger partial charge in [0.15, 0.2) is 0 Å². The summed E-state index contributed by atoms with van der Waals surface area (Å²) in [5.41, 5.74) is 4.48. The van der Waals surface area contributed by atoms with E-state index in [-0.39, 0.29) is 17.2 Å². The monoisotopic (exact) mass is 452 g/mol. The van der Waals surface area contributed by atoms with Crippen LogP contribution in [0.2, 0.25) is 0 Å². The Kier molecular flexibility index (Phi) is 7.11. The number of carbonyl (C=O) groups excluding carboxylic acids is 1. The van der Waals surface area contributed by atoms with Gasteiger partial charge in [-0.2, -0.15) is 4.31 Å². The van der Waals surface area contributed by atoms with Crippen LogP contribution < -0.4 is 5.32 Å². The molecule has 0 aromatic heterocycles. The van der Waals surface area contributed by atoms with Crippen molar-refractivity contribution >= 4 is 15.9 Å². The fraction of sp³-hybridized carbons (Fsp3) is 0.423. The van der Waals surface area contributed by atoms with Crippen LogP contribution in [0.4, 0.5) is 0 Å². The highest BCUT2D eigenvalue weighted by atomic mass is 32.2. The minimum atomic E-state index is -3.71. The van der Waals surface area contributed by atoms with Gasteiger partial charge in [-0.15, -0.1) is 0 Å². The Hall–Kier alpha value is -2.44. The lowest BCUT2D eigenvalue weighted by molar-refractivity contribution is -0.122. The summed E-state index contributed by atoms with van der Waals surface area (Å²) in [5, 5.41) is 3.03. The predicted molar refractivity (Wildman–Crippen MR) is 127 cm³/mol. The van der Waals surface area contributed by atoms with Gasteiger partial charge in [-0.25, -0.2) is 8.42 Å². The van der Waals surface area contributed by atoms with Crippen molar-refractivity contribution in [3.05, 3.63) is 76.9 Å². The number of fused-ring (bicyclic) bond motifs is 1. The number of nitrogens with zero attached hydrogens (tertiary/aromatic N) is 1. The van der Waals surface area contributed by atoms with E-state index in [1.165, 1.54) is 22.7 Å². The zero-order valence-corrected chi connectivity index (χ0v) is 19.5. The van der Waals surface area contributed by atoms with Gasteiger partial charge in [-0.05, 0) is 68.7 Å². The van der Waals surface area contributed by atoms with Gasteiger partial charge >= 0.3 is 0 Å². The lowest BCUT2D eigenvalue weighted by atomic mass is 9.92. The summed E-state index contributed by atoms with van der Waals surface area (Å²) in [6.45, 7) is 2.91. The number of hydrogen-bond donors (Lipinski definition) is 1. The van der Waals surface area contributed by atoms with Crippen molar-refractivity contribution in [2.45, 2.75) is 62.8 Å². The van der Waals surface area contributed by atoms with Crippen molar-refractivity contribution in [1.82, 2.24) is 9.62 Å². The first-order valence-corrected chi connectivity index (χ1v) is 13.0. The average Bonchev–Trinajstić information content (AvgIpc) is 2.80. The van der Waals surface area contributed by atoms with Crippen molar-refractivity contribution in [2.75, 3.05) is 13.1 Å². The molecule has 2 aromatic rings. The van der Waals surface area contributed by atoms with Gasteiger partial charge < -0.3 is 5.32 Å². The third-order valence-corrected chi connectivity index (χ3v) is 8.45. The molecule has 0 saturated heterocycles. The number of aryl methyl sites for hydroxylation is 1. The fourth-order valence-electron chi connectivity index (χ4n) is 4.72. The zero-order chi connectivity index (χ0) is 22.6. The molecule has 2 aromatic carbocycles. The summed E-state index contributed by atoms with van der Waals surface area (Å²) in [6.07, 6.45) is 8.67. The molecule has 2 aliphatic rings. The molecule has 4 rings (SSSR count). The van der Waals surface area contributed by atoms with Crippen molar-refractivity contribution in [3.8, 4) is 0 Å². The SMILES string of the molecule is Cc1ccc(S(=O)(=O)N2CCc3ccccc3[C@H]2CC(=O)NCCC2=CCCCC2)cc1. The molecule has 32 heavy (non-hydrogen) atoms. The molecule has 1 aliphatic carbocycles. The van der Waals surface area contributed by atoms with Crippen LogP contribution in [0.3, 0.4) is 0 Å². The highest BCUT2D eigenvalue weighted by Crippen LogP contribution is 2.36. The Balaban J connectivity index is 1.52. The normalized spacial score (nSPS) is 19.2. The number of nitrogens with one attached hydrogen (secondary N) is 1. The molecule has 0 bridgehead atoms. The number of carbonyl (C=O) groups is 1. The third kappa shape index (κ3) is 5.13. The third-order valence-electron chi connectivity index (χ3n) is 6.52. The van der Waals surface area contributed by atoms with E-state index >= 15 is 0 Å². The van der Waals surface area contributed by atoms with E-state index in [0.29, 0.717) is 19.5 Å². The average molecular weight is 453 g/mol. The summed E-state index contributed by atoms with van der Waals surface area (Å²) in [5.74, 6) is -0.104. The van der Waals surface area contributed by atoms with Gasteiger partial charge in [0.2, 0.25) is 15.9 Å².